The minimum atomic E-state index is -0.222. The number of fused-ring (bicyclic) bond motifs is 1. The Balaban J connectivity index is 1.38. The van der Waals surface area contributed by atoms with E-state index < -0.39 is 0 Å². The van der Waals surface area contributed by atoms with Crippen molar-refractivity contribution >= 4 is 33.3 Å². The molecule has 3 heterocycles. The minimum Gasteiger partial charge on any atom is -0.371 e. The number of nitrogens with one attached hydrogen (secondary N) is 1. The number of nitrogens with zero attached hydrogens (tertiary/aromatic N) is 4. The average molecular weight is 371 g/mol. The lowest BCUT2D eigenvalue weighted by Crippen LogP contribution is -2.23. The Bertz CT molecular complexity index is 993. The summed E-state index contributed by atoms with van der Waals surface area (Å²) in [5.74, 6) is -0.222. The van der Waals surface area contributed by atoms with Crippen LogP contribution in [0.3, 0.4) is 0 Å². The topological polar surface area (TPSA) is 99.0 Å². The Hall–Kier alpha value is -2.65. The Labute approximate surface area is 152 Å². The highest BCUT2D eigenvalue weighted by atomic mass is 32.1. The van der Waals surface area contributed by atoms with Crippen LogP contribution in [-0.4, -0.2) is 32.3 Å². The lowest BCUT2D eigenvalue weighted by atomic mass is 10.2. The molecule has 26 heavy (non-hydrogen) atoms. The van der Waals surface area contributed by atoms with Crippen LogP contribution in [0.1, 0.15) is 30.4 Å². The van der Waals surface area contributed by atoms with Crippen LogP contribution in [0.15, 0.2) is 35.4 Å². The summed E-state index contributed by atoms with van der Waals surface area (Å²) < 4.78 is 7.01. The maximum absolute atomic E-state index is 12.4. The Morgan fingerprint density at radius 2 is 2.23 bits per heavy atom. The molecule has 1 unspecified atom stereocenters. The molecule has 0 spiro atoms. The molecule has 1 N–H and O–H groups in total. The first-order chi connectivity index (χ1) is 12.7. The maximum Gasteiger partial charge on any atom is 0.261 e. The van der Waals surface area contributed by atoms with Crippen molar-refractivity contribution in [3.63, 3.8) is 0 Å². The molecule has 1 aromatic carbocycles. The fourth-order valence-electron chi connectivity index (χ4n) is 2.86. The van der Waals surface area contributed by atoms with Crippen LogP contribution in [0.2, 0.25) is 0 Å². The highest BCUT2D eigenvalue weighted by Crippen LogP contribution is 2.31. The van der Waals surface area contributed by atoms with Gasteiger partial charge >= 0.3 is 0 Å². The molecule has 4 rings (SSSR count). The lowest BCUT2D eigenvalue weighted by Gasteiger charge is -2.06. The van der Waals surface area contributed by atoms with E-state index in [4.69, 9.17) is 4.74 Å². The predicted molar refractivity (Wildman–Crippen MR) is 97.1 cm³/mol. The van der Waals surface area contributed by atoms with E-state index in [1.807, 2.05) is 6.07 Å². The molecule has 1 fully saturated rings. The van der Waals surface area contributed by atoms with Gasteiger partial charge in [0.1, 0.15) is 11.1 Å². The molecule has 2 aromatic heterocycles. The number of anilines is 1. The van der Waals surface area contributed by atoms with Crippen molar-refractivity contribution in [1.82, 2.24) is 19.7 Å². The normalized spacial score (nSPS) is 16.8. The number of carbonyl (C=O) groups excluding carboxylic acids is 1. The van der Waals surface area contributed by atoms with Crippen LogP contribution in [0, 0.1) is 0 Å². The largest absolute Gasteiger partial charge is 0.371 e. The molecule has 1 atom stereocenters. The highest BCUT2D eigenvalue weighted by molar-refractivity contribution is 7.15. The third-order valence-electron chi connectivity index (χ3n) is 4.20. The molecular weight excluding hydrogens is 354 g/mol. The number of amides is 1. The monoisotopic (exact) mass is 371 g/mol. The van der Waals surface area contributed by atoms with E-state index >= 15 is 0 Å². The molecule has 0 aliphatic carbocycles. The average Bonchev–Trinajstić information content (AvgIpc) is 3.33. The minimum absolute atomic E-state index is 0.0135. The zero-order chi connectivity index (χ0) is 17.9. The summed E-state index contributed by atoms with van der Waals surface area (Å²) in [7, 11) is 0. The van der Waals surface area contributed by atoms with Gasteiger partial charge in [0.05, 0.1) is 17.2 Å². The van der Waals surface area contributed by atoms with Gasteiger partial charge in [-0.3, -0.25) is 14.2 Å². The van der Waals surface area contributed by atoms with Crippen molar-refractivity contribution < 1.29 is 9.53 Å². The number of aromatic nitrogens is 4. The van der Waals surface area contributed by atoms with Crippen LogP contribution in [-0.2, 0) is 16.1 Å². The van der Waals surface area contributed by atoms with E-state index in [9.17, 15) is 9.59 Å². The molecule has 0 saturated carbocycles. The second-order valence-corrected chi connectivity index (χ2v) is 7.01. The SMILES string of the molecule is O=C(CCn1cnc2ccccc2c1=O)Nc1nnc(C2CCCO2)s1. The number of benzene rings is 1. The smallest absolute Gasteiger partial charge is 0.261 e. The standard InChI is InChI=1S/C17H17N5O3S/c23-14(19-17-21-20-15(26-17)13-6-3-9-25-13)7-8-22-10-18-12-5-2-1-4-11(12)16(22)24/h1-2,4-5,10,13H,3,6-9H2,(H,19,21,23). The maximum atomic E-state index is 12.4. The Morgan fingerprint density at radius 1 is 1.35 bits per heavy atom. The van der Waals surface area contributed by atoms with Gasteiger partial charge < -0.3 is 10.1 Å². The van der Waals surface area contributed by atoms with E-state index in [1.165, 1.54) is 22.2 Å². The molecule has 1 amide bonds. The summed E-state index contributed by atoms with van der Waals surface area (Å²) in [6.45, 7) is 0.986. The first-order valence-electron chi connectivity index (χ1n) is 8.40. The third kappa shape index (κ3) is 3.49. The molecule has 9 heteroatoms. The van der Waals surface area contributed by atoms with Crippen LogP contribution in [0.4, 0.5) is 5.13 Å². The summed E-state index contributed by atoms with van der Waals surface area (Å²) in [6, 6.07) is 7.15. The van der Waals surface area contributed by atoms with E-state index in [0.29, 0.717) is 16.0 Å². The first kappa shape index (κ1) is 16.8. The van der Waals surface area contributed by atoms with Gasteiger partial charge in [-0.2, -0.15) is 0 Å². The molecular formula is C17H17N5O3S. The summed E-state index contributed by atoms with van der Waals surface area (Å²) in [5, 5.41) is 12.6. The van der Waals surface area contributed by atoms with Crippen molar-refractivity contribution in [3.8, 4) is 0 Å². The number of aryl methyl sites for hydroxylation is 1. The Morgan fingerprint density at radius 3 is 3.08 bits per heavy atom. The number of carbonyl (C=O) groups is 1. The zero-order valence-electron chi connectivity index (χ0n) is 13.9. The number of hydrogen-bond acceptors (Lipinski definition) is 7. The Kier molecular flexibility index (Phi) is 4.72. The van der Waals surface area contributed by atoms with Crippen molar-refractivity contribution in [2.24, 2.45) is 0 Å². The van der Waals surface area contributed by atoms with Crippen molar-refractivity contribution in [2.75, 3.05) is 11.9 Å². The van der Waals surface area contributed by atoms with Gasteiger partial charge in [-0.1, -0.05) is 23.5 Å². The van der Waals surface area contributed by atoms with E-state index in [0.717, 1.165) is 24.5 Å². The fraction of sp³-hybridized carbons (Fsp3) is 0.353. The number of hydrogen-bond donors (Lipinski definition) is 1. The van der Waals surface area contributed by atoms with Gasteiger partial charge in [0.15, 0.2) is 0 Å². The van der Waals surface area contributed by atoms with Gasteiger partial charge in [-0.15, -0.1) is 10.2 Å². The van der Waals surface area contributed by atoms with Gasteiger partial charge in [0, 0.05) is 19.6 Å². The fourth-order valence-corrected chi connectivity index (χ4v) is 3.70. The summed E-state index contributed by atoms with van der Waals surface area (Å²) in [5.41, 5.74) is 0.494. The molecule has 1 saturated heterocycles. The number of rotatable bonds is 5. The molecule has 0 radical (unpaired) electrons. The quantitative estimate of drug-likeness (QED) is 0.738. The molecule has 1 aliphatic heterocycles. The number of ether oxygens (including phenoxy) is 1. The predicted octanol–water partition coefficient (Wildman–Crippen LogP) is 2.13. The summed E-state index contributed by atoms with van der Waals surface area (Å²) in [6.07, 6.45) is 3.55. The van der Waals surface area contributed by atoms with Gasteiger partial charge in [0.2, 0.25) is 11.0 Å². The number of para-hydroxylation sites is 1. The third-order valence-corrected chi connectivity index (χ3v) is 5.13. The van der Waals surface area contributed by atoms with Gasteiger partial charge in [-0.25, -0.2) is 4.98 Å². The van der Waals surface area contributed by atoms with E-state index in [-0.39, 0.29) is 30.5 Å². The van der Waals surface area contributed by atoms with Crippen molar-refractivity contribution in [3.05, 3.63) is 46.0 Å². The highest BCUT2D eigenvalue weighted by Gasteiger charge is 2.22. The summed E-state index contributed by atoms with van der Waals surface area (Å²) >= 11 is 1.33. The second kappa shape index (κ2) is 7.30. The first-order valence-corrected chi connectivity index (χ1v) is 9.21. The van der Waals surface area contributed by atoms with E-state index in [2.05, 4.69) is 20.5 Å². The summed E-state index contributed by atoms with van der Waals surface area (Å²) in [4.78, 5) is 28.8. The van der Waals surface area contributed by atoms with Gasteiger partial charge in [-0.05, 0) is 25.0 Å². The molecule has 1 aliphatic rings. The molecule has 3 aromatic rings. The van der Waals surface area contributed by atoms with Crippen LogP contribution < -0.4 is 10.9 Å². The van der Waals surface area contributed by atoms with Crippen LogP contribution in [0.5, 0.6) is 0 Å². The van der Waals surface area contributed by atoms with Gasteiger partial charge in [0.25, 0.3) is 5.56 Å². The van der Waals surface area contributed by atoms with Crippen molar-refractivity contribution in [1.29, 1.82) is 0 Å². The second-order valence-electron chi connectivity index (χ2n) is 6.01. The molecule has 134 valence electrons. The van der Waals surface area contributed by atoms with Crippen molar-refractivity contribution in [2.45, 2.75) is 31.9 Å². The van der Waals surface area contributed by atoms with E-state index in [1.54, 1.807) is 18.2 Å². The molecule has 8 nitrogen and oxygen atoms in total. The zero-order valence-corrected chi connectivity index (χ0v) is 14.7. The molecule has 0 bridgehead atoms. The van der Waals surface area contributed by atoms with Crippen LogP contribution >= 0.6 is 11.3 Å². The lowest BCUT2D eigenvalue weighted by molar-refractivity contribution is -0.116. The van der Waals surface area contributed by atoms with Crippen LogP contribution in [0.25, 0.3) is 10.9 Å².